The third-order valence-electron chi connectivity index (χ3n) is 10.1. The van der Waals surface area contributed by atoms with E-state index in [1.165, 1.54) is 12.1 Å². The van der Waals surface area contributed by atoms with Crippen molar-refractivity contribution in [2.24, 2.45) is 34.5 Å². The molecule has 0 radical (unpaired) electrons. The molecule has 1 aromatic carbocycles. The molecule has 5 rings (SSSR count). The number of aliphatic hydroxyl groups excluding tert-OH is 2. The highest BCUT2D eigenvalue weighted by atomic mass is 19.4. The topological polar surface area (TPSA) is 40.5 Å². The van der Waals surface area contributed by atoms with Gasteiger partial charge in [0.05, 0.1) is 17.8 Å². The van der Waals surface area contributed by atoms with Gasteiger partial charge in [-0.1, -0.05) is 32.1 Å². The van der Waals surface area contributed by atoms with Gasteiger partial charge in [-0.3, -0.25) is 0 Å². The Labute approximate surface area is 188 Å². The minimum Gasteiger partial charge on any atom is -0.393 e. The highest BCUT2D eigenvalue weighted by molar-refractivity contribution is 5.56. The summed E-state index contributed by atoms with van der Waals surface area (Å²) in [5, 5.41) is 21.5. The molecule has 0 heterocycles. The first kappa shape index (κ1) is 22.5. The second-order valence-corrected chi connectivity index (χ2v) is 11.6. The molecule has 5 heteroatoms. The average Bonchev–Trinajstić information content (AvgIpc) is 2.99. The second-order valence-electron chi connectivity index (χ2n) is 11.6. The van der Waals surface area contributed by atoms with E-state index in [9.17, 15) is 23.4 Å². The lowest BCUT2D eigenvalue weighted by Crippen LogP contribution is -2.54. The van der Waals surface area contributed by atoms with Crippen molar-refractivity contribution in [3.63, 3.8) is 0 Å². The SMILES string of the molecule is CC12CCC(O)CC1CCC1C2CCC2(C)C(O)C(=Cc3ccc(C(F)(F)F)cc3)CC12. The summed E-state index contributed by atoms with van der Waals surface area (Å²) in [6.45, 7) is 4.68. The molecule has 4 fully saturated rings. The van der Waals surface area contributed by atoms with Gasteiger partial charge in [-0.25, -0.2) is 0 Å². The lowest BCUT2D eigenvalue weighted by Gasteiger charge is -2.60. The first-order valence-corrected chi connectivity index (χ1v) is 12.3. The highest BCUT2D eigenvalue weighted by Crippen LogP contribution is 2.67. The van der Waals surface area contributed by atoms with E-state index >= 15 is 0 Å². The van der Waals surface area contributed by atoms with Gasteiger partial charge in [0.25, 0.3) is 0 Å². The molecule has 32 heavy (non-hydrogen) atoms. The third-order valence-corrected chi connectivity index (χ3v) is 10.1. The number of halogens is 3. The van der Waals surface area contributed by atoms with Crippen molar-refractivity contribution in [2.45, 2.75) is 83.6 Å². The molecule has 2 nitrogen and oxygen atoms in total. The van der Waals surface area contributed by atoms with E-state index in [-0.39, 0.29) is 16.9 Å². The summed E-state index contributed by atoms with van der Waals surface area (Å²) in [6, 6.07) is 5.26. The maximum Gasteiger partial charge on any atom is 0.416 e. The van der Waals surface area contributed by atoms with Crippen molar-refractivity contribution >= 4 is 6.08 Å². The minimum absolute atomic E-state index is 0.148. The van der Waals surface area contributed by atoms with Crippen LogP contribution in [0.5, 0.6) is 0 Å². The molecule has 0 bridgehead atoms. The first-order valence-electron chi connectivity index (χ1n) is 12.3. The van der Waals surface area contributed by atoms with Crippen molar-refractivity contribution in [1.82, 2.24) is 0 Å². The Morgan fingerprint density at radius 1 is 0.906 bits per heavy atom. The van der Waals surface area contributed by atoms with Crippen LogP contribution in [0.4, 0.5) is 13.2 Å². The molecule has 4 saturated carbocycles. The lowest BCUT2D eigenvalue weighted by molar-refractivity contribution is -0.137. The summed E-state index contributed by atoms with van der Waals surface area (Å²) >= 11 is 0. The van der Waals surface area contributed by atoms with Gasteiger partial charge in [-0.05, 0) is 104 Å². The van der Waals surface area contributed by atoms with Gasteiger partial charge < -0.3 is 10.2 Å². The second kappa shape index (κ2) is 7.59. The van der Waals surface area contributed by atoms with Crippen LogP contribution in [0.15, 0.2) is 29.8 Å². The molecule has 0 spiro atoms. The summed E-state index contributed by atoms with van der Waals surface area (Å²) < 4.78 is 38.7. The molecule has 0 saturated heterocycles. The Morgan fingerprint density at radius 3 is 2.28 bits per heavy atom. The van der Waals surface area contributed by atoms with Crippen molar-refractivity contribution in [3.8, 4) is 0 Å². The highest BCUT2D eigenvalue weighted by Gasteiger charge is 2.61. The zero-order chi connectivity index (χ0) is 22.9. The number of hydrogen-bond acceptors (Lipinski definition) is 2. The molecule has 8 unspecified atom stereocenters. The van der Waals surface area contributed by atoms with Gasteiger partial charge in [0.1, 0.15) is 0 Å². The van der Waals surface area contributed by atoms with Crippen LogP contribution in [0.1, 0.15) is 76.3 Å². The molecule has 8 atom stereocenters. The smallest absolute Gasteiger partial charge is 0.393 e. The van der Waals surface area contributed by atoms with E-state index in [2.05, 4.69) is 13.8 Å². The average molecular weight is 449 g/mol. The predicted octanol–water partition coefficient (Wildman–Crippen LogP) is 6.46. The van der Waals surface area contributed by atoms with Crippen LogP contribution >= 0.6 is 0 Å². The molecular formula is C27H35F3O2. The van der Waals surface area contributed by atoms with Gasteiger partial charge in [0.2, 0.25) is 0 Å². The normalized spacial score (nSPS) is 45.3. The summed E-state index contributed by atoms with van der Waals surface area (Å²) in [7, 11) is 0. The van der Waals surface area contributed by atoms with Crippen LogP contribution in [0.3, 0.4) is 0 Å². The quantitative estimate of drug-likeness (QED) is 0.517. The van der Waals surface area contributed by atoms with Crippen molar-refractivity contribution < 1.29 is 23.4 Å². The van der Waals surface area contributed by atoms with Crippen molar-refractivity contribution in [2.75, 3.05) is 0 Å². The Morgan fingerprint density at radius 2 is 1.59 bits per heavy atom. The third kappa shape index (κ3) is 3.46. The molecule has 2 N–H and O–H groups in total. The largest absolute Gasteiger partial charge is 0.416 e. The molecule has 176 valence electrons. The zero-order valence-corrected chi connectivity index (χ0v) is 19.0. The van der Waals surface area contributed by atoms with Crippen LogP contribution < -0.4 is 0 Å². The van der Waals surface area contributed by atoms with Crippen molar-refractivity contribution in [3.05, 3.63) is 41.0 Å². The first-order chi connectivity index (χ1) is 15.0. The van der Waals surface area contributed by atoms with Crippen LogP contribution in [-0.4, -0.2) is 22.4 Å². The molecule has 4 aliphatic carbocycles. The molecule has 0 aliphatic heterocycles. The Bertz CT molecular complexity index is 891. The standard InChI is InChI=1S/C27H35F3O2/c1-25-11-9-20(31)15-19(25)7-8-21-22(25)10-12-26(2)23(21)14-17(24(26)32)13-16-3-5-18(6-4-16)27(28,29)30/h3-6,13,19-24,31-32H,7-12,14-15H2,1-2H3. The maximum absolute atomic E-state index is 12.9. The van der Waals surface area contributed by atoms with Crippen molar-refractivity contribution in [1.29, 1.82) is 0 Å². The lowest BCUT2D eigenvalue weighted by atomic mass is 9.45. The zero-order valence-electron chi connectivity index (χ0n) is 19.0. The van der Waals surface area contributed by atoms with Gasteiger partial charge >= 0.3 is 6.18 Å². The number of alkyl halides is 3. The van der Waals surface area contributed by atoms with Gasteiger partial charge in [0, 0.05) is 5.41 Å². The molecule has 0 aromatic heterocycles. The fourth-order valence-electron chi connectivity index (χ4n) is 8.22. The van der Waals surface area contributed by atoms with Gasteiger partial charge in [-0.15, -0.1) is 0 Å². The fourth-order valence-corrected chi connectivity index (χ4v) is 8.22. The van der Waals surface area contributed by atoms with Gasteiger partial charge in [0.15, 0.2) is 0 Å². The molecule has 1 aromatic rings. The predicted molar refractivity (Wildman–Crippen MR) is 119 cm³/mol. The van der Waals surface area contributed by atoms with E-state index < -0.39 is 17.8 Å². The van der Waals surface area contributed by atoms with Crippen LogP contribution in [-0.2, 0) is 6.18 Å². The van der Waals surface area contributed by atoms with E-state index in [1.807, 2.05) is 6.08 Å². The Balaban J connectivity index is 1.40. The summed E-state index contributed by atoms with van der Waals surface area (Å²) in [4.78, 5) is 0. The number of fused-ring (bicyclic) bond motifs is 5. The number of rotatable bonds is 1. The fraction of sp³-hybridized carbons (Fsp3) is 0.704. The van der Waals surface area contributed by atoms with E-state index in [4.69, 9.17) is 0 Å². The van der Waals surface area contributed by atoms with E-state index in [1.54, 1.807) is 0 Å². The molecule has 4 aliphatic rings. The summed E-state index contributed by atoms with van der Waals surface area (Å²) in [5.74, 6) is 2.25. The minimum atomic E-state index is -4.33. The summed E-state index contributed by atoms with van der Waals surface area (Å²) in [5.41, 5.74) is 1.19. The van der Waals surface area contributed by atoms with Crippen LogP contribution in [0, 0.1) is 34.5 Å². The number of hydrogen-bond donors (Lipinski definition) is 2. The van der Waals surface area contributed by atoms with E-state index in [0.717, 1.165) is 74.6 Å². The maximum atomic E-state index is 12.9. The Kier molecular flexibility index (Phi) is 5.33. The molecular weight excluding hydrogens is 413 g/mol. The van der Waals surface area contributed by atoms with E-state index in [0.29, 0.717) is 23.7 Å². The molecule has 0 amide bonds. The van der Waals surface area contributed by atoms with Crippen LogP contribution in [0.25, 0.3) is 6.08 Å². The number of benzene rings is 1. The number of aliphatic hydroxyl groups is 2. The Hall–Kier alpha value is -1.33. The monoisotopic (exact) mass is 448 g/mol. The van der Waals surface area contributed by atoms with Gasteiger partial charge in [-0.2, -0.15) is 13.2 Å². The van der Waals surface area contributed by atoms with Crippen LogP contribution in [0.2, 0.25) is 0 Å². The summed E-state index contributed by atoms with van der Waals surface area (Å²) in [6.07, 6.45) is 5.13.